The number of hydrogen-bond acceptors (Lipinski definition) is 5. The first-order valence-corrected chi connectivity index (χ1v) is 10.1. The van der Waals surface area contributed by atoms with Crippen LogP contribution < -0.4 is 10.6 Å². The standard InChI is InChI=1S/C20H37N5O2/c1-8-17-16(18(9-2)27-24-17)10-22-19(21-7)23-13-20(5,6)25-11-14(3)26-15(4)12-25/h14-15H,8-13H2,1-7H3,(H2,21,22,23). The number of morpholine rings is 1. The summed E-state index contributed by atoms with van der Waals surface area (Å²) in [6, 6.07) is 0. The summed E-state index contributed by atoms with van der Waals surface area (Å²) in [7, 11) is 1.80. The zero-order valence-corrected chi connectivity index (χ0v) is 18.1. The molecule has 2 unspecified atom stereocenters. The molecule has 154 valence electrons. The number of nitrogens with one attached hydrogen (secondary N) is 2. The van der Waals surface area contributed by atoms with E-state index in [0.29, 0.717) is 6.54 Å². The summed E-state index contributed by atoms with van der Waals surface area (Å²) in [5, 5.41) is 11.1. The molecule has 0 spiro atoms. The van der Waals surface area contributed by atoms with Gasteiger partial charge in [-0.3, -0.25) is 9.89 Å². The van der Waals surface area contributed by atoms with Crippen molar-refractivity contribution in [2.75, 3.05) is 26.7 Å². The van der Waals surface area contributed by atoms with Crippen molar-refractivity contribution < 1.29 is 9.26 Å². The van der Waals surface area contributed by atoms with Crippen molar-refractivity contribution in [2.24, 2.45) is 4.99 Å². The maximum Gasteiger partial charge on any atom is 0.191 e. The maximum absolute atomic E-state index is 5.87. The van der Waals surface area contributed by atoms with Crippen molar-refractivity contribution in [3.63, 3.8) is 0 Å². The fourth-order valence-electron chi connectivity index (χ4n) is 3.61. The summed E-state index contributed by atoms with van der Waals surface area (Å²) in [6.45, 7) is 16.4. The van der Waals surface area contributed by atoms with Gasteiger partial charge in [0.2, 0.25) is 0 Å². The van der Waals surface area contributed by atoms with Crippen LogP contribution >= 0.6 is 0 Å². The first kappa shape index (κ1) is 21.7. The van der Waals surface area contributed by atoms with Crippen LogP contribution in [0.15, 0.2) is 9.52 Å². The third-order valence-electron chi connectivity index (χ3n) is 5.23. The smallest absolute Gasteiger partial charge is 0.191 e. The number of rotatable bonds is 7. The molecule has 0 aliphatic carbocycles. The van der Waals surface area contributed by atoms with Crippen LogP contribution in [0.2, 0.25) is 0 Å². The molecule has 2 heterocycles. The largest absolute Gasteiger partial charge is 0.373 e. The van der Waals surface area contributed by atoms with E-state index >= 15 is 0 Å². The highest BCUT2D eigenvalue weighted by atomic mass is 16.5. The monoisotopic (exact) mass is 379 g/mol. The number of aliphatic imine (C=N–C) groups is 1. The molecule has 2 rings (SSSR count). The highest BCUT2D eigenvalue weighted by Crippen LogP contribution is 2.20. The minimum atomic E-state index is 0.00424. The van der Waals surface area contributed by atoms with Gasteiger partial charge >= 0.3 is 0 Å². The van der Waals surface area contributed by atoms with E-state index < -0.39 is 0 Å². The second kappa shape index (κ2) is 9.55. The van der Waals surface area contributed by atoms with E-state index in [4.69, 9.17) is 9.26 Å². The van der Waals surface area contributed by atoms with Gasteiger partial charge in [-0.2, -0.15) is 0 Å². The zero-order valence-electron chi connectivity index (χ0n) is 18.1. The molecule has 7 nitrogen and oxygen atoms in total. The van der Waals surface area contributed by atoms with Crippen molar-refractivity contribution >= 4 is 5.96 Å². The van der Waals surface area contributed by atoms with Crippen molar-refractivity contribution in [1.29, 1.82) is 0 Å². The molecule has 2 atom stereocenters. The normalized spacial score (nSPS) is 22.1. The molecular weight excluding hydrogens is 342 g/mol. The minimum absolute atomic E-state index is 0.00424. The molecule has 0 radical (unpaired) electrons. The Bertz CT molecular complexity index is 594. The Morgan fingerprint density at radius 3 is 2.41 bits per heavy atom. The van der Waals surface area contributed by atoms with E-state index in [2.05, 4.69) is 67.2 Å². The highest BCUT2D eigenvalue weighted by molar-refractivity contribution is 5.79. The summed E-state index contributed by atoms with van der Waals surface area (Å²) in [4.78, 5) is 6.87. The molecule has 1 saturated heterocycles. The van der Waals surface area contributed by atoms with E-state index in [9.17, 15) is 0 Å². The molecule has 7 heteroatoms. The molecule has 1 aromatic rings. The van der Waals surface area contributed by atoms with Gasteiger partial charge in [0.05, 0.1) is 17.9 Å². The number of nitrogens with zero attached hydrogens (tertiary/aromatic N) is 3. The molecule has 1 fully saturated rings. The van der Waals surface area contributed by atoms with E-state index in [0.717, 1.165) is 55.5 Å². The Morgan fingerprint density at radius 1 is 1.19 bits per heavy atom. The van der Waals surface area contributed by atoms with Crippen LogP contribution in [0.5, 0.6) is 0 Å². The molecule has 1 aliphatic rings. The van der Waals surface area contributed by atoms with E-state index in [1.165, 1.54) is 0 Å². The van der Waals surface area contributed by atoms with Crippen molar-refractivity contribution in [3.8, 4) is 0 Å². The first-order valence-electron chi connectivity index (χ1n) is 10.1. The molecule has 2 N–H and O–H groups in total. The Labute approximate surface area is 163 Å². The average molecular weight is 380 g/mol. The topological polar surface area (TPSA) is 74.9 Å². The summed E-state index contributed by atoms with van der Waals surface area (Å²) in [5.41, 5.74) is 2.18. The third-order valence-corrected chi connectivity index (χ3v) is 5.23. The SMILES string of the molecule is CCc1noc(CC)c1CNC(=NC)NCC(C)(C)N1CC(C)OC(C)C1. The number of ether oxygens (including phenoxy) is 1. The van der Waals surface area contributed by atoms with Gasteiger partial charge in [0.15, 0.2) is 5.96 Å². The van der Waals surface area contributed by atoms with E-state index in [1.807, 2.05) is 0 Å². The van der Waals surface area contributed by atoms with Crippen molar-refractivity contribution in [2.45, 2.75) is 78.7 Å². The lowest BCUT2D eigenvalue weighted by Gasteiger charge is -2.45. The predicted octanol–water partition coefficient (Wildman–Crippen LogP) is 2.35. The Hall–Kier alpha value is -1.60. The summed E-state index contributed by atoms with van der Waals surface area (Å²) in [5.74, 6) is 1.74. The van der Waals surface area contributed by atoms with Gasteiger partial charge in [0.25, 0.3) is 0 Å². The highest BCUT2D eigenvalue weighted by Gasteiger charge is 2.33. The lowest BCUT2D eigenvalue weighted by atomic mass is 10.00. The Morgan fingerprint density at radius 2 is 1.85 bits per heavy atom. The molecule has 1 aliphatic heterocycles. The lowest BCUT2D eigenvalue weighted by molar-refractivity contribution is -0.0946. The van der Waals surface area contributed by atoms with Crippen molar-refractivity contribution in [3.05, 3.63) is 17.0 Å². The number of hydrogen-bond donors (Lipinski definition) is 2. The Kier molecular flexibility index (Phi) is 7.68. The van der Waals surface area contributed by atoms with E-state index in [-0.39, 0.29) is 17.7 Å². The Balaban J connectivity index is 1.92. The molecule has 1 aromatic heterocycles. The first-order chi connectivity index (χ1) is 12.8. The summed E-state index contributed by atoms with van der Waals surface area (Å²) in [6.07, 6.45) is 2.24. The quantitative estimate of drug-likeness (QED) is 0.560. The number of guanidine groups is 1. The van der Waals surface area contributed by atoms with Gasteiger partial charge in [0.1, 0.15) is 5.76 Å². The van der Waals surface area contributed by atoms with Gasteiger partial charge in [0, 0.05) is 50.7 Å². The maximum atomic E-state index is 5.87. The second-order valence-corrected chi connectivity index (χ2v) is 7.99. The van der Waals surface area contributed by atoms with Crippen LogP contribution in [0, 0.1) is 0 Å². The number of aryl methyl sites for hydroxylation is 2. The van der Waals surface area contributed by atoms with Crippen LogP contribution in [0.3, 0.4) is 0 Å². The zero-order chi connectivity index (χ0) is 20.0. The average Bonchev–Trinajstić information content (AvgIpc) is 3.03. The molecular formula is C20H37N5O2. The summed E-state index contributed by atoms with van der Waals surface area (Å²) >= 11 is 0. The number of aromatic nitrogens is 1. The van der Waals surface area contributed by atoms with Crippen LogP contribution in [-0.4, -0.2) is 60.4 Å². The van der Waals surface area contributed by atoms with Crippen LogP contribution in [0.1, 0.15) is 58.6 Å². The predicted molar refractivity (Wildman–Crippen MR) is 109 cm³/mol. The van der Waals surface area contributed by atoms with Crippen LogP contribution in [-0.2, 0) is 24.1 Å². The minimum Gasteiger partial charge on any atom is -0.373 e. The van der Waals surface area contributed by atoms with Gasteiger partial charge in [-0.25, -0.2) is 0 Å². The van der Waals surface area contributed by atoms with Gasteiger partial charge in [-0.1, -0.05) is 19.0 Å². The molecule has 0 aromatic carbocycles. The molecule has 0 amide bonds. The van der Waals surface area contributed by atoms with Crippen LogP contribution in [0.4, 0.5) is 0 Å². The van der Waals surface area contributed by atoms with Crippen molar-refractivity contribution in [1.82, 2.24) is 20.7 Å². The fraction of sp³-hybridized carbons (Fsp3) is 0.800. The second-order valence-electron chi connectivity index (χ2n) is 7.99. The van der Waals surface area contributed by atoms with Gasteiger partial charge in [-0.15, -0.1) is 0 Å². The lowest BCUT2D eigenvalue weighted by Crippen LogP contribution is -2.59. The summed E-state index contributed by atoms with van der Waals surface area (Å²) < 4.78 is 11.3. The fourth-order valence-corrected chi connectivity index (χ4v) is 3.61. The van der Waals surface area contributed by atoms with Gasteiger partial charge in [-0.05, 0) is 34.1 Å². The molecule has 0 bridgehead atoms. The third kappa shape index (κ3) is 5.69. The van der Waals surface area contributed by atoms with Gasteiger partial charge < -0.3 is 19.9 Å². The molecule has 27 heavy (non-hydrogen) atoms. The van der Waals surface area contributed by atoms with Crippen LogP contribution in [0.25, 0.3) is 0 Å². The van der Waals surface area contributed by atoms with E-state index in [1.54, 1.807) is 7.05 Å². The molecule has 0 saturated carbocycles.